The second-order valence-electron chi connectivity index (χ2n) is 9.42. The van der Waals surface area contributed by atoms with Crippen LogP contribution >= 0.6 is 0 Å². The smallest absolute Gasteiger partial charge is 0.262 e. The van der Waals surface area contributed by atoms with E-state index in [4.69, 9.17) is 0 Å². The molecule has 1 heterocycles. The van der Waals surface area contributed by atoms with Gasteiger partial charge in [-0.2, -0.15) is 0 Å². The zero-order chi connectivity index (χ0) is 23.3. The number of aliphatic hydroxyl groups is 1. The Labute approximate surface area is 189 Å². The first-order valence-corrected chi connectivity index (χ1v) is 11.0. The molecule has 1 fully saturated rings. The Balaban J connectivity index is 1.50. The molecule has 3 aromatic rings. The van der Waals surface area contributed by atoms with Gasteiger partial charge in [-0.3, -0.25) is 9.59 Å². The monoisotopic (exact) mass is 430 g/mol. The molecular weight excluding hydrogens is 400 g/mol. The van der Waals surface area contributed by atoms with Crippen LogP contribution in [0.4, 0.5) is 0 Å². The van der Waals surface area contributed by atoms with E-state index in [-0.39, 0.29) is 23.9 Å². The van der Waals surface area contributed by atoms with Crippen molar-refractivity contribution in [3.05, 3.63) is 83.4 Å². The number of rotatable bonds is 5. The van der Waals surface area contributed by atoms with Crippen LogP contribution in [-0.4, -0.2) is 33.4 Å². The summed E-state index contributed by atoms with van der Waals surface area (Å²) in [6, 6.07) is 20.8. The number of β-lactam (4-membered cyclic amide) rings is 1. The normalized spacial score (nSPS) is 20.8. The Morgan fingerprint density at radius 3 is 2.16 bits per heavy atom. The fraction of sp³-hybridized carbons (Fsp3) is 0.333. The van der Waals surface area contributed by atoms with Crippen LogP contribution < -0.4 is 5.32 Å². The van der Waals surface area contributed by atoms with Crippen LogP contribution in [0.5, 0.6) is 0 Å². The molecule has 2 atom stereocenters. The van der Waals surface area contributed by atoms with Gasteiger partial charge in [-0.1, -0.05) is 48.5 Å². The molecule has 0 spiro atoms. The summed E-state index contributed by atoms with van der Waals surface area (Å²) in [4.78, 5) is 27.3. The largest absolute Gasteiger partial charge is 0.374 e. The zero-order valence-electron chi connectivity index (χ0n) is 19.2. The maximum Gasteiger partial charge on any atom is 0.262 e. The van der Waals surface area contributed by atoms with Crippen LogP contribution in [0.1, 0.15) is 62.1 Å². The van der Waals surface area contributed by atoms with Crippen LogP contribution in [0.25, 0.3) is 10.8 Å². The van der Waals surface area contributed by atoms with E-state index in [0.717, 1.165) is 16.3 Å². The molecule has 0 saturated carbocycles. The minimum Gasteiger partial charge on any atom is -0.374 e. The Morgan fingerprint density at radius 2 is 1.56 bits per heavy atom. The number of hydrogen-bond acceptors (Lipinski definition) is 3. The minimum absolute atomic E-state index is 0.000537. The summed E-state index contributed by atoms with van der Waals surface area (Å²) in [5, 5.41) is 16.5. The van der Waals surface area contributed by atoms with Crippen molar-refractivity contribution >= 4 is 22.6 Å². The van der Waals surface area contributed by atoms with Gasteiger partial charge in [0.05, 0.1) is 11.6 Å². The van der Waals surface area contributed by atoms with Gasteiger partial charge < -0.3 is 15.3 Å². The molecule has 1 aliphatic heterocycles. The lowest BCUT2D eigenvalue weighted by molar-refractivity contribution is -0.221. The maximum atomic E-state index is 12.8. The average molecular weight is 431 g/mol. The highest BCUT2D eigenvalue weighted by molar-refractivity contribution is 5.97. The molecule has 0 radical (unpaired) electrons. The van der Waals surface area contributed by atoms with Gasteiger partial charge in [-0.05, 0) is 74.7 Å². The molecule has 5 heteroatoms. The third-order valence-electron chi connectivity index (χ3n) is 6.72. The van der Waals surface area contributed by atoms with Crippen molar-refractivity contribution in [1.82, 2.24) is 10.2 Å². The molecule has 3 aromatic carbocycles. The second kappa shape index (κ2) is 7.75. The summed E-state index contributed by atoms with van der Waals surface area (Å²) in [6.45, 7) is 9.54. The molecule has 166 valence electrons. The van der Waals surface area contributed by atoms with Gasteiger partial charge >= 0.3 is 0 Å². The fourth-order valence-corrected chi connectivity index (χ4v) is 4.87. The van der Waals surface area contributed by atoms with Crippen LogP contribution in [0.15, 0.2) is 66.7 Å². The van der Waals surface area contributed by atoms with Crippen molar-refractivity contribution in [3.8, 4) is 0 Å². The molecule has 1 saturated heterocycles. The molecule has 2 N–H and O–H groups in total. The molecule has 2 amide bonds. The summed E-state index contributed by atoms with van der Waals surface area (Å²) in [5.41, 5.74) is -0.311. The molecule has 0 aromatic heterocycles. The lowest BCUT2D eigenvalue weighted by Gasteiger charge is -2.61. The molecule has 0 unspecified atom stereocenters. The number of likely N-dealkylation sites (tertiary alicyclic amines) is 1. The predicted octanol–water partition coefficient (Wildman–Crippen LogP) is 4.55. The first-order valence-electron chi connectivity index (χ1n) is 11.0. The van der Waals surface area contributed by atoms with E-state index < -0.39 is 11.1 Å². The van der Waals surface area contributed by atoms with Gasteiger partial charge in [0.2, 0.25) is 0 Å². The zero-order valence-corrected chi connectivity index (χ0v) is 19.2. The summed E-state index contributed by atoms with van der Waals surface area (Å²) in [5.74, 6) is -0.508. The van der Waals surface area contributed by atoms with E-state index in [0.29, 0.717) is 11.1 Å². The number of benzene rings is 3. The first-order chi connectivity index (χ1) is 15.1. The second-order valence-corrected chi connectivity index (χ2v) is 9.42. The Bertz CT molecular complexity index is 1180. The molecule has 1 aliphatic rings. The summed E-state index contributed by atoms with van der Waals surface area (Å²) in [6.07, 6.45) is 0. The summed E-state index contributed by atoms with van der Waals surface area (Å²) in [7, 11) is 0. The van der Waals surface area contributed by atoms with Crippen LogP contribution in [0, 0.1) is 0 Å². The van der Waals surface area contributed by atoms with Crippen molar-refractivity contribution in [1.29, 1.82) is 0 Å². The number of nitrogens with one attached hydrogen (secondary N) is 1. The highest BCUT2D eigenvalue weighted by Gasteiger charge is 2.67. The number of nitrogens with zero attached hydrogens (tertiary/aromatic N) is 1. The van der Waals surface area contributed by atoms with Crippen LogP contribution in [-0.2, 0) is 10.4 Å². The van der Waals surface area contributed by atoms with E-state index in [1.54, 1.807) is 29.2 Å². The van der Waals surface area contributed by atoms with Crippen molar-refractivity contribution in [3.63, 3.8) is 0 Å². The van der Waals surface area contributed by atoms with E-state index in [2.05, 4.69) is 29.6 Å². The topological polar surface area (TPSA) is 69.6 Å². The maximum absolute atomic E-state index is 12.8. The molecule has 5 nitrogen and oxygen atoms in total. The standard InChI is InChI=1S/C27H30N2O3/c1-17(2)29-25(31)27(32,26(29,4)5)23-14-12-20(13-15-23)24(30)28-18(3)21-11-10-19-8-6-7-9-22(19)16-21/h6-18,32H,1-5H3,(H,28,30)/t18-,27+/m1/s1. The van der Waals surface area contributed by atoms with Crippen molar-refractivity contribution < 1.29 is 14.7 Å². The van der Waals surface area contributed by atoms with Gasteiger partial charge in [-0.25, -0.2) is 0 Å². The fourth-order valence-electron chi connectivity index (χ4n) is 4.87. The molecule has 32 heavy (non-hydrogen) atoms. The van der Waals surface area contributed by atoms with E-state index in [1.807, 2.05) is 52.8 Å². The molecular formula is C27H30N2O3. The van der Waals surface area contributed by atoms with Crippen molar-refractivity contribution in [2.24, 2.45) is 0 Å². The minimum atomic E-state index is -1.59. The lowest BCUT2D eigenvalue weighted by Crippen LogP contribution is -2.79. The predicted molar refractivity (Wildman–Crippen MR) is 126 cm³/mol. The lowest BCUT2D eigenvalue weighted by atomic mass is 9.66. The average Bonchev–Trinajstić information content (AvgIpc) is 2.77. The summed E-state index contributed by atoms with van der Waals surface area (Å²) >= 11 is 0. The van der Waals surface area contributed by atoms with E-state index in [1.165, 1.54) is 0 Å². The quantitative estimate of drug-likeness (QED) is 0.584. The third kappa shape index (κ3) is 3.28. The first kappa shape index (κ1) is 22.0. The van der Waals surface area contributed by atoms with Crippen LogP contribution in [0.2, 0.25) is 0 Å². The van der Waals surface area contributed by atoms with Gasteiger partial charge in [0.25, 0.3) is 11.8 Å². The van der Waals surface area contributed by atoms with Gasteiger partial charge in [0, 0.05) is 11.6 Å². The number of hydrogen-bond donors (Lipinski definition) is 2. The van der Waals surface area contributed by atoms with Gasteiger partial charge in [-0.15, -0.1) is 0 Å². The number of amides is 2. The van der Waals surface area contributed by atoms with E-state index in [9.17, 15) is 14.7 Å². The Kier molecular flexibility index (Phi) is 5.33. The van der Waals surface area contributed by atoms with Gasteiger partial charge in [0.1, 0.15) is 0 Å². The molecule has 0 aliphatic carbocycles. The van der Waals surface area contributed by atoms with Crippen LogP contribution in [0.3, 0.4) is 0 Å². The van der Waals surface area contributed by atoms with Crippen molar-refractivity contribution in [2.75, 3.05) is 0 Å². The number of carbonyl (C=O) groups excluding carboxylic acids is 2. The highest BCUT2D eigenvalue weighted by Crippen LogP contribution is 2.49. The Morgan fingerprint density at radius 1 is 0.938 bits per heavy atom. The molecule has 0 bridgehead atoms. The Hall–Kier alpha value is -3.18. The third-order valence-corrected chi connectivity index (χ3v) is 6.72. The summed E-state index contributed by atoms with van der Waals surface area (Å²) < 4.78 is 0. The SMILES string of the molecule is CC(C)N1C(=O)[C@@](O)(c2ccc(C(=O)N[C@H](C)c3ccc4ccccc4c3)cc2)C1(C)C. The number of carbonyl (C=O) groups is 2. The molecule has 4 rings (SSSR count). The number of fused-ring (bicyclic) bond motifs is 1. The van der Waals surface area contributed by atoms with Crippen molar-refractivity contribution in [2.45, 2.75) is 57.8 Å². The van der Waals surface area contributed by atoms with Gasteiger partial charge in [0.15, 0.2) is 5.60 Å². The highest BCUT2D eigenvalue weighted by atomic mass is 16.3. The van der Waals surface area contributed by atoms with E-state index >= 15 is 0 Å².